The molecule has 5 heteroatoms. The SMILES string of the molecule is O=C([C@H]1CCN(c2ccc(F)cc2)C1=O)N1CCCCC1. The summed E-state index contributed by atoms with van der Waals surface area (Å²) in [6.45, 7) is 2.05. The van der Waals surface area contributed by atoms with Crippen LogP contribution in [-0.2, 0) is 9.59 Å². The first-order valence-corrected chi connectivity index (χ1v) is 7.52. The number of nitrogens with zero attached hydrogens (tertiary/aromatic N) is 2. The minimum absolute atomic E-state index is 0.0377. The first-order chi connectivity index (χ1) is 10.2. The van der Waals surface area contributed by atoms with Gasteiger partial charge in [0.2, 0.25) is 11.8 Å². The van der Waals surface area contributed by atoms with Gasteiger partial charge in [-0.2, -0.15) is 0 Å². The fourth-order valence-electron chi connectivity index (χ4n) is 3.12. The third kappa shape index (κ3) is 2.77. The summed E-state index contributed by atoms with van der Waals surface area (Å²) in [6, 6.07) is 5.84. The van der Waals surface area contributed by atoms with Crippen molar-refractivity contribution in [3.05, 3.63) is 30.1 Å². The summed E-state index contributed by atoms with van der Waals surface area (Å²) in [4.78, 5) is 28.3. The molecular weight excluding hydrogens is 271 g/mol. The van der Waals surface area contributed by atoms with Gasteiger partial charge in [-0.05, 0) is 49.9 Å². The molecule has 1 aromatic rings. The molecule has 0 N–H and O–H groups in total. The molecule has 0 radical (unpaired) electrons. The molecule has 21 heavy (non-hydrogen) atoms. The number of likely N-dealkylation sites (tertiary alicyclic amines) is 1. The van der Waals surface area contributed by atoms with Crippen LogP contribution >= 0.6 is 0 Å². The van der Waals surface area contributed by atoms with E-state index in [1.807, 2.05) is 4.90 Å². The van der Waals surface area contributed by atoms with Gasteiger partial charge >= 0.3 is 0 Å². The monoisotopic (exact) mass is 290 g/mol. The van der Waals surface area contributed by atoms with E-state index < -0.39 is 5.92 Å². The number of benzene rings is 1. The van der Waals surface area contributed by atoms with Crippen molar-refractivity contribution in [1.82, 2.24) is 4.90 Å². The lowest BCUT2D eigenvalue weighted by atomic mass is 10.0. The molecule has 2 fully saturated rings. The second kappa shape index (κ2) is 5.84. The van der Waals surface area contributed by atoms with Crippen molar-refractivity contribution in [3.8, 4) is 0 Å². The Kier molecular flexibility index (Phi) is 3.90. The maximum absolute atomic E-state index is 13.0. The van der Waals surface area contributed by atoms with Gasteiger partial charge in [0.05, 0.1) is 0 Å². The lowest BCUT2D eigenvalue weighted by molar-refractivity contribution is -0.140. The zero-order valence-electron chi connectivity index (χ0n) is 11.9. The highest BCUT2D eigenvalue weighted by atomic mass is 19.1. The quantitative estimate of drug-likeness (QED) is 0.783. The predicted octanol–water partition coefficient (Wildman–Crippen LogP) is 2.19. The van der Waals surface area contributed by atoms with Gasteiger partial charge in [-0.1, -0.05) is 0 Å². The van der Waals surface area contributed by atoms with Crippen molar-refractivity contribution >= 4 is 17.5 Å². The van der Waals surface area contributed by atoms with Crippen molar-refractivity contribution in [1.29, 1.82) is 0 Å². The summed E-state index contributed by atoms with van der Waals surface area (Å²) in [5.74, 6) is -1.08. The molecular formula is C16H19FN2O2. The standard InChI is InChI=1S/C16H19FN2O2/c17-12-4-6-13(7-5-12)19-11-8-14(16(19)21)15(20)18-9-2-1-3-10-18/h4-7,14H,1-3,8-11H2/t14-/m1/s1. The van der Waals surface area contributed by atoms with Crippen LogP contribution in [0.5, 0.6) is 0 Å². The molecule has 0 unspecified atom stereocenters. The molecule has 2 aliphatic rings. The number of carbonyl (C=O) groups is 2. The first kappa shape index (κ1) is 14.0. The van der Waals surface area contributed by atoms with Crippen molar-refractivity contribution in [2.45, 2.75) is 25.7 Å². The molecule has 1 aromatic carbocycles. The molecule has 0 bridgehead atoms. The zero-order chi connectivity index (χ0) is 14.8. The number of piperidine rings is 1. The Morgan fingerprint density at radius 3 is 2.38 bits per heavy atom. The molecule has 3 rings (SSSR count). The highest BCUT2D eigenvalue weighted by molar-refractivity contribution is 6.09. The molecule has 0 aliphatic carbocycles. The Labute approximate surface area is 123 Å². The van der Waals surface area contributed by atoms with Gasteiger partial charge in [-0.25, -0.2) is 4.39 Å². The summed E-state index contributed by atoms with van der Waals surface area (Å²) in [6.07, 6.45) is 3.75. The number of anilines is 1. The van der Waals surface area contributed by atoms with Gasteiger partial charge in [-0.15, -0.1) is 0 Å². The lowest BCUT2D eigenvalue weighted by Gasteiger charge is -2.28. The number of hydrogen-bond donors (Lipinski definition) is 0. The van der Waals surface area contributed by atoms with E-state index in [4.69, 9.17) is 0 Å². The summed E-state index contributed by atoms with van der Waals surface area (Å²) in [5, 5.41) is 0. The molecule has 4 nitrogen and oxygen atoms in total. The number of hydrogen-bond acceptors (Lipinski definition) is 2. The maximum Gasteiger partial charge on any atom is 0.239 e. The van der Waals surface area contributed by atoms with Crippen molar-refractivity contribution in [2.75, 3.05) is 24.5 Å². The van der Waals surface area contributed by atoms with E-state index in [1.165, 1.54) is 12.1 Å². The van der Waals surface area contributed by atoms with Crippen molar-refractivity contribution in [2.24, 2.45) is 5.92 Å². The Bertz CT molecular complexity index is 538. The van der Waals surface area contributed by atoms with Gasteiger partial charge in [-0.3, -0.25) is 9.59 Å². The first-order valence-electron chi connectivity index (χ1n) is 7.52. The average molecular weight is 290 g/mol. The van der Waals surface area contributed by atoms with Crippen molar-refractivity contribution < 1.29 is 14.0 Å². The Morgan fingerprint density at radius 1 is 1.05 bits per heavy atom. The minimum atomic E-state index is -0.562. The highest BCUT2D eigenvalue weighted by Crippen LogP contribution is 2.27. The van der Waals surface area contributed by atoms with Gasteiger partial charge in [0.25, 0.3) is 0 Å². The Morgan fingerprint density at radius 2 is 1.71 bits per heavy atom. The summed E-state index contributed by atoms with van der Waals surface area (Å²) >= 11 is 0. The number of halogens is 1. The van der Waals surface area contributed by atoms with E-state index in [9.17, 15) is 14.0 Å². The van der Waals surface area contributed by atoms with Gasteiger partial charge in [0.15, 0.2) is 0 Å². The molecule has 2 amide bonds. The van der Waals surface area contributed by atoms with Crippen LogP contribution in [0.3, 0.4) is 0 Å². The van der Waals surface area contributed by atoms with Crippen LogP contribution in [0.4, 0.5) is 10.1 Å². The molecule has 2 heterocycles. The van der Waals surface area contributed by atoms with Crippen LogP contribution in [0, 0.1) is 11.7 Å². The van der Waals surface area contributed by atoms with Crippen molar-refractivity contribution in [3.63, 3.8) is 0 Å². The van der Waals surface area contributed by atoms with Crippen LogP contribution < -0.4 is 4.90 Å². The smallest absolute Gasteiger partial charge is 0.239 e. The molecule has 2 aliphatic heterocycles. The lowest BCUT2D eigenvalue weighted by Crippen LogP contribution is -2.42. The second-order valence-corrected chi connectivity index (χ2v) is 5.69. The van der Waals surface area contributed by atoms with Crippen LogP contribution in [0.1, 0.15) is 25.7 Å². The largest absolute Gasteiger partial charge is 0.342 e. The van der Waals surface area contributed by atoms with E-state index in [0.717, 1.165) is 32.4 Å². The Balaban J connectivity index is 1.71. The number of carbonyl (C=O) groups excluding carboxylic acids is 2. The highest BCUT2D eigenvalue weighted by Gasteiger charge is 2.39. The minimum Gasteiger partial charge on any atom is -0.342 e. The maximum atomic E-state index is 13.0. The zero-order valence-corrected chi connectivity index (χ0v) is 11.9. The van der Waals surface area contributed by atoms with Crippen LogP contribution in [0.2, 0.25) is 0 Å². The average Bonchev–Trinajstić information content (AvgIpc) is 2.90. The fraction of sp³-hybridized carbons (Fsp3) is 0.500. The predicted molar refractivity (Wildman–Crippen MR) is 77.3 cm³/mol. The summed E-state index contributed by atoms with van der Waals surface area (Å²) in [7, 11) is 0. The van der Waals surface area contributed by atoms with Crippen LogP contribution in [0.15, 0.2) is 24.3 Å². The molecule has 2 saturated heterocycles. The fourth-order valence-corrected chi connectivity index (χ4v) is 3.12. The molecule has 112 valence electrons. The third-order valence-corrected chi connectivity index (χ3v) is 4.31. The number of rotatable bonds is 2. The third-order valence-electron chi connectivity index (χ3n) is 4.31. The molecule has 0 spiro atoms. The second-order valence-electron chi connectivity index (χ2n) is 5.69. The van der Waals surface area contributed by atoms with Crippen LogP contribution in [-0.4, -0.2) is 36.3 Å². The van der Waals surface area contributed by atoms with Gasteiger partial charge in [0.1, 0.15) is 11.7 Å². The van der Waals surface area contributed by atoms with E-state index in [1.54, 1.807) is 17.0 Å². The summed E-state index contributed by atoms with van der Waals surface area (Å²) < 4.78 is 13.0. The van der Waals surface area contributed by atoms with E-state index in [2.05, 4.69) is 0 Å². The molecule has 1 atom stereocenters. The molecule has 0 saturated carbocycles. The van der Waals surface area contributed by atoms with Gasteiger partial charge in [0, 0.05) is 25.3 Å². The summed E-state index contributed by atoms with van der Waals surface area (Å²) in [5.41, 5.74) is 0.662. The van der Waals surface area contributed by atoms with Gasteiger partial charge < -0.3 is 9.80 Å². The Hall–Kier alpha value is -1.91. The topological polar surface area (TPSA) is 40.6 Å². The van der Waals surface area contributed by atoms with Crippen LogP contribution in [0.25, 0.3) is 0 Å². The molecule has 0 aromatic heterocycles. The van der Waals surface area contributed by atoms with E-state index in [0.29, 0.717) is 18.7 Å². The van der Waals surface area contributed by atoms with E-state index >= 15 is 0 Å². The van der Waals surface area contributed by atoms with E-state index in [-0.39, 0.29) is 17.6 Å². The number of amides is 2. The normalized spacial score (nSPS) is 22.7.